The van der Waals surface area contributed by atoms with Gasteiger partial charge < -0.3 is 19.5 Å². The molecule has 1 fully saturated rings. The second-order valence-corrected chi connectivity index (χ2v) is 5.42. The van der Waals surface area contributed by atoms with Crippen molar-refractivity contribution in [1.29, 1.82) is 0 Å². The van der Waals surface area contributed by atoms with E-state index in [2.05, 4.69) is 15.5 Å². The maximum absolute atomic E-state index is 11.5. The number of likely N-dealkylation sites (tertiary alicyclic amines) is 1. The van der Waals surface area contributed by atoms with Crippen LogP contribution in [0.4, 0.5) is 6.01 Å². The van der Waals surface area contributed by atoms with Gasteiger partial charge in [-0.15, -0.1) is 0 Å². The van der Waals surface area contributed by atoms with E-state index in [-0.39, 0.29) is 5.91 Å². The van der Waals surface area contributed by atoms with E-state index in [9.17, 15) is 4.79 Å². The van der Waals surface area contributed by atoms with Gasteiger partial charge in [0.2, 0.25) is 11.7 Å². The highest BCUT2D eigenvalue weighted by Crippen LogP contribution is 2.20. The summed E-state index contributed by atoms with van der Waals surface area (Å²) in [5.41, 5.74) is 0.866. The molecule has 0 unspecified atom stereocenters. The lowest BCUT2D eigenvalue weighted by molar-refractivity contribution is -0.127. The number of methoxy groups -OCH3 is 1. The number of ether oxygens (including phenoxy) is 1. The van der Waals surface area contributed by atoms with E-state index in [0.717, 1.165) is 37.2 Å². The normalized spacial score (nSPS) is 14.3. The van der Waals surface area contributed by atoms with Crippen molar-refractivity contribution in [2.75, 3.05) is 32.1 Å². The fraction of sp³-hybridized carbons (Fsp3) is 0.438. The van der Waals surface area contributed by atoms with Crippen LogP contribution in [0.1, 0.15) is 19.3 Å². The molecular formula is C16H20N4O3. The topological polar surface area (TPSA) is 80.5 Å². The Labute approximate surface area is 134 Å². The Morgan fingerprint density at radius 2 is 2.17 bits per heavy atom. The van der Waals surface area contributed by atoms with Crippen molar-refractivity contribution >= 4 is 11.9 Å². The second-order valence-electron chi connectivity index (χ2n) is 5.42. The number of hydrogen-bond acceptors (Lipinski definition) is 6. The molecule has 1 aliphatic heterocycles. The molecule has 1 saturated heterocycles. The standard InChI is InChI=1S/C16H20N4O3/c1-22-13-7-5-12(6-8-13)15-18-16(23-19-15)17-9-3-11-20-10-2-4-14(20)21/h5-8H,2-4,9-11H2,1H3,(H,17,18,19). The van der Waals surface area contributed by atoms with Gasteiger partial charge in [0, 0.05) is 31.6 Å². The molecule has 0 radical (unpaired) electrons. The zero-order chi connectivity index (χ0) is 16.1. The summed E-state index contributed by atoms with van der Waals surface area (Å²) < 4.78 is 10.3. The number of hydrogen-bond donors (Lipinski definition) is 1. The van der Waals surface area contributed by atoms with Crippen LogP contribution < -0.4 is 10.1 Å². The molecule has 122 valence electrons. The highest BCUT2D eigenvalue weighted by molar-refractivity contribution is 5.78. The molecule has 3 rings (SSSR count). The molecule has 0 aliphatic carbocycles. The third-order valence-electron chi connectivity index (χ3n) is 3.83. The van der Waals surface area contributed by atoms with E-state index in [0.29, 0.717) is 24.8 Å². The molecule has 1 amide bonds. The summed E-state index contributed by atoms with van der Waals surface area (Å²) >= 11 is 0. The van der Waals surface area contributed by atoms with Crippen molar-refractivity contribution in [3.05, 3.63) is 24.3 Å². The quantitative estimate of drug-likeness (QED) is 0.789. The number of nitrogens with one attached hydrogen (secondary N) is 1. The van der Waals surface area contributed by atoms with Crippen LogP contribution in [-0.4, -0.2) is 47.7 Å². The minimum atomic E-state index is 0.254. The number of carbonyl (C=O) groups excluding carboxylic acids is 1. The number of rotatable bonds is 7. The van der Waals surface area contributed by atoms with Crippen LogP contribution in [0.2, 0.25) is 0 Å². The van der Waals surface area contributed by atoms with Gasteiger partial charge in [0.15, 0.2) is 0 Å². The van der Waals surface area contributed by atoms with Crippen LogP contribution in [0, 0.1) is 0 Å². The number of nitrogens with zero attached hydrogens (tertiary/aromatic N) is 3. The van der Waals surface area contributed by atoms with E-state index in [1.54, 1.807) is 7.11 Å². The monoisotopic (exact) mass is 316 g/mol. The molecule has 2 aromatic rings. The molecule has 0 saturated carbocycles. The first kappa shape index (κ1) is 15.3. The van der Waals surface area contributed by atoms with Gasteiger partial charge in [-0.05, 0) is 37.1 Å². The molecule has 0 bridgehead atoms. The highest BCUT2D eigenvalue weighted by Gasteiger charge is 2.19. The Kier molecular flexibility index (Phi) is 4.75. The lowest BCUT2D eigenvalue weighted by Gasteiger charge is -2.14. The molecule has 1 N–H and O–H groups in total. The fourth-order valence-corrected chi connectivity index (χ4v) is 2.56. The molecule has 1 aliphatic rings. The van der Waals surface area contributed by atoms with Gasteiger partial charge in [-0.1, -0.05) is 5.16 Å². The Hall–Kier alpha value is -2.57. The van der Waals surface area contributed by atoms with E-state index in [4.69, 9.17) is 9.26 Å². The van der Waals surface area contributed by atoms with Crippen molar-refractivity contribution in [2.24, 2.45) is 0 Å². The van der Waals surface area contributed by atoms with Gasteiger partial charge >= 0.3 is 6.01 Å². The SMILES string of the molecule is COc1ccc(-c2noc(NCCCN3CCCC3=O)n2)cc1. The first-order valence-corrected chi connectivity index (χ1v) is 7.76. The minimum absolute atomic E-state index is 0.254. The van der Waals surface area contributed by atoms with Crippen molar-refractivity contribution < 1.29 is 14.1 Å². The predicted molar refractivity (Wildman–Crippen MR) is 85.2 cm³/mol. The summed E-state index contributed by atoms with van der Waals surface area (Å²) in [4.78, 5) is 17.7. The Balaban J connectivity index is 1.48. The van der Waals surface area contributed by atoms with Crippen molar-refractivity contribution in [2.45, 2.75) is 19.3 Å². The summed E-state index contributed by atoms with van der Waals surface area (Å²) in [5.74, 6) is 1.57. The molecule has 1 aromatic carbocycles. The number of anilines is 1. The molecule has 7 heteroatoms. The third-order valence-corrected chi connectivity index (χ3v) is 3.83. The smallest absolute Gasteiger partial charge is 0.321 e. The predicted octanol–water partition coefficient (Wildman–Crippen LogP) is 2.17. The van der Waals surface area contributed by atoms with E-state index in [1.807, 2.05) is 29.2 Å². The van der Waals surface area contributed by atoms with Gasteiger partial charge in [-0.2, -0.15) is 4.98 Å². The Bertz CT molecular complexity index is 654. The molecule has 23 heavy (non-hydrogen) atoms. The largest absolute Gasteiger partial charge is 0.497 e. The van der Waals surface area contributed by atoms with Crippen LogP contribution >= 0.6 is 0 Å². The van der Waals surface area contributed by atoms with Gasteiger partial charge in [0.1, 0.15) is 5.75 Å². The second kappa shape index (κ2) is 7.13. The van der Waals surface area contributed by atoms with Crippen LogP contribution in [0.5, 0.6) is 5.75 Å². The maximum Gasteiger partial charge on any atom is 0.321 e. The zero-order valence-electron chi connectivity index (χ0n) is 13.1. The molecule has 1 aromatic heterocycles. The average molecular weight is 316 g/mol. The number of carbonyl (C=O) groups is 1. The van der Waals surface area contributed by atoms with Crippen LogP contribution in [0.3, 0.4) is 0 Å². The summed E-state index contributed by atoms with van der Waals surface area (Å²) in [6.07, 6.45) is 2.51. The zero-order valence-corrected chi connectivity index (χ0v) is 13.1. The summed E-state index contributed by atoms with van der Waals surface area (Å²) in [6.45, 7) is 2.33. The average Bonchev–Trinajstić information content (AvgIpc) is 3.21. The first-order chi connectivity index (χ1) is 11.3. The summed E-state index contributed by atoms with van der Waals surface area (Å²) in [5, 5.41) is 7.05. The molecule has 0 atom stereocenters. The molecule has 2 heterocycles. The lowest BCUT2D eigenvalue weighted by atomic mass is 10.2. The fourth-order valence-electron chi connectivity index (χ4n) is 2.56. The molecule has 7 nitrogen and oxygen atoms in total. The van der Waals surface area contributed by atoms with E-state index >= 15 is 0 Å². The van der Waals surface area contributed by atoms with Crippen LogP contribution in [0.25, 0.3) is 11.4 Å². The van der Waals surface area contributed by atoms with Crippen LogP contribution in [-0.2, 0) is 4.79 Å². The summed E-state index contributed by atoms with van der Waals surface area (Å²) in [6, 6.07) is 7.86. The summed E-state index contributed by atoms with van der Waals surface area (Å²) in [7, 11) is 1.63. The van der Waals surface area contributed by atoms with Crippen molar-refractivity contribution in [3.8, 4) is 17.1 Å². The Morgan fingerprint density at radius 3 is 2.87 bits per heavy atom. The third kappa shape index (κ3) is 3.80. The van der Waals surface area contributed by atoms with Gasteiger partial charge in [0.25, 0.3) is 0 Å². The maximum atomic E-state index is 11.5. The molecular weight excluding hydrogens is 296 g/mol. The van der Waals surface area contributed by atoms with Crippen molar-refractivity contribution in [1.82, 2.24) is 15.0 Å². The number of aromatic nitrogens is 2. The Morgan fingerprint density at radius 1 is 1.35 bits per heavy atom. The van der Waals surface area contributed by atoms with Crippen molar-refractivity contribution in [3.63, 3.8) is 0 Å². The highest BCUT2D eigenvalue weighted by atomic mass is 16.5. The number of amides is 1. The number of benzene rings is 1. The molecule has 0 spiro atoms. The minimum Gasteiger partial charge on any atom is -0.497 e. The van der Waals surface area contributed by atoms with E-state index < -0.39 is 0 Å². The van der Waals surface area contributed by atoms with Gasteiger partial charge in [-0.25, -0.2) is 0 Å². The lowest BCUT2D eigenvalue weighted by Crippen LogP contribution is -2.26. The first-order valence-electron chi connectivity index (χ1n) is 7.76. The van der Waals surface area contributed by atoms with E-state index in [1.165, 1.54) is 0 Å². The van der Waals surface area contributed by atoms with Crippen LogP contribution in [0.15, 0.2) is 28.8 Å². The van der Waals surface area contributed by atoms with Gasteiger partial charge in [-0.3, -0.25) is 4.79 Å². The van der Waals surface area contributed by atoms with Gasteiger partial charge in [0.05, 0.1) is 7.11 Å².